The summed E-state index contributed by atoms with van der Waals surface area (Å²) < 4.78 is 4.92. The molecule has 2 nitrogen and oxygen atoms in total. The maximum atomic E-state index is 11.3. The highest BCUT2D eigenvalue weighted by Crippen LogP contribution is 2.26. The molecule has 0 heterocycles. The highest BCUT2D eigenvalue weighted by Gasteiger charge is 2.27. The quantitative estimate of drug-likeness (QED) is 0.480. The molecule has 0 aromatic heterocycles. The third-order valence-electron chi connectivity index (χ3n) is 2.00. The molecule has 0 bridgehead atoms. The van der Waals surface area contributed by atoms with Crippen LogP contribution in [-0.4, -0.2) is 12.6 Å². The van der Waals surface area contributed by atoms with Crippen molar-refractivity contribution in [3.8, 4) is 0 Å². The van der Waals surface area contributed by atoms with E-state index < -0.39 is 0 Å². The van der Waals surface area contributed by atoms with Gasteiger partial charge in [-0.15, -0.1) is 0 Å². The van der Waals surface area contributed by atoms with Gasteiger partial charge in [-0.25, -0.2) is 0 Å². The van der Waals surface area contributed by atoms with Crippen LogP contribution in [0.15, 0.2) is 12.7 Å². The van der Waals surface area contributed by atoms with E-state index in [4.69, 9.17) is 4.74 Å². The molecule has 0 radical (unpaired) electrons. The first-order chi connectivity index (χ1) is 5.39. The number of ether oxygens (including phenoxy) is 1. The second-order valence-electron chi connectivity index (χ2n) is 4.01. The van der Waals surface area contributed by atoms with E-state index in [1.165, 1.54) is 0 Å². The Hall–Kier alpha value is -0.790. The number of hydrogen-bond donors (Lipinski definition) is 0. The number of rotatable bonds is 3. The summed E-state index contributed by atoms with van der Waals surface area (Å²) in [6, 6.07) is 0. The number of carbonyl (C=O) groups excluding carboxylic acids is 1. The molecule has 0 aliphatic carbocycles. The zero-order valence-electron chi connectivity index (χ0n) is 8.39. The molecule has 0 rings (SSSR count). The van der Waals surface area contributed by atoms with Crippen LogP contribution in [0.5, 0.6) is 0 Å². The average Bonchev–Trinajstić information content (AvgIpc) is 1.97. The van der Waals surface area contributed by atoms with Crippen molar-refractivity contribution >= 4 is 5.97 Å². The minimum atomic E-state index is -0.151. The zero-order valence-corrected chi connectivity index (χ0v) is 8.39. The van der Waals surface area contributed by atoms with Gasteiger partial charge in [0.05, 0.1) is 5.92 Å². The van der Waals surface area contributed by atoms with Gasteiger partial charge in [0.2, 0.25) is 0 Å². The van der Waals surface area contributed by atoms with Gasteiger partial charge < -0.3 is 4.74 Å². The van der Waals surface area contributed by atoms with Crippen molar-refractivity contribution in [2.24, 2.45) is 11.3 Å². The number of carbonyl (C=O) groups is 1. The summed E-state index contributed by atoms with van der Waals surface area (Å²) in [6.45, 7) is 11.7. The van der Waals surface area contributed by atoms with Gasteiger partial charge in [0.1, 0.15) is 6.61 Å². The highest BCUT2D eigenvalue weighted by molar-refractivity contribution is 5.72. The Labute approximate surface area is 74.6 Å². The van der Waals surface area contributed by atoms with Gasteiger partial charge in [-0.05, 0) is 5.41 Å². The minimum absolute atomic E-state index is 0.0295. The summed E-state index contributed by atoms with van der Waals surface area (Å²) in [7, 11) is 0. The minimum Gasteiger partial charge on any atom is -0.461 e. The van der Waals surface area contributed by atoms with Crippen LogP contribution in [0.1, 0.15) is 27.7 Å². The van der Waals surface area contributed by atoms with Crippen LogP contribution in [0.4, 0.5) is 0 Å². The molecule has 0 aromatic rings. The molecule has 0 N–H and O–H groups in total. The van der Waals surface area contributed by atoms with Crippen LogP contribution in [0.2, 0.25) is 0 Å². The topological polar surface area (TPSA) is 26.3 Å². The molecule has 1 atom stereocenters. The first-order valence-corrected chi connectivity index (χ1v) is 4.17. The van der Waals surface area contributed by atoms with Crippen molar-refractivity contribution in [2.75, 3.05) is 6.61 Å². The molecule has 0 spiro atoms. The van der Waals surface area contributed by atoms with E-state index in [0.29, 0.717) is 6.61 Å². The van der Waals surface area contributed by atoms with Gasteiger partial charge in [0.25, 0.3) is 0 Å². The molecule has 0 aliphatic rings. The SMILES string of the molecule is C=CCOC(=O)C(C)C(C)(C)C. The molecule has 12 heavy (non-hydrogen) atoms. The Morgan fingerprint density at radius 1 is 1.58 bits per heavy atom. The van der Waals surface area contributed by atoms with E-state index in [9.17, 15) is 4.79 Å². The van der Waals surface area contributed by atoms with Crippen LogP contribution in [-0.2, 0) is 9.53 Å². The van der Waals surface area contributed by atoms with Crippen LogP contribution in [0.3, 0.4) is 0 Å². The normalized spacial score (nSPS) is 13.7. The third kappa shape index (κ3) is 3.56. The van der Waals surface area contributed by atoms with E-state index in [1.54, 1.807) is 6.08 Å². The van der Waals surface area contributed by atoms with Crippen LogP contribution in [0.25, 0.3) is 0 Å². The average molecular weight is 170 g/mol. The molecule has 70 valence electrons. The second kappa shape index (κ2) is 4.29. The predicted octanol–water partition coefficient (Wildman–Crippen LogP) is 2.40. The van der Waals surface area contributed by atoms with Crippen molar-refractivity contribution in [1.82, 2.24) is 0 Å². The predicted molar refractivity (Wildman–Crippen MR) is 49.8 cm³/mol. The smallest absolute Gasteiger partial charge is 0.309 e. The van der Waals surface area contributed by atoms with E-state index in [-0.39, 0.29) is 17.3 Å². The van der Waals surface area contributed by atoms with Gasteiger partial charge in [-0.3, -0.25) is 4.79 Å². The van der Waals surface area contributed by atoms with Crippen molar-refractivity contribution in [1.29, 1.82) is 0 Å². The van der Waals surface area contributed by atoms with Gasteiger partial charge >= 0.3 is 5.97 Å². The lowest BCUT2D eigenvalue weighted by Crippen LogP contribution is -2.27. The standard InChI is InChI=1S/C10H18O2/c1-6-7-12-9(11)8(2)10(3,4)5/h6,8H,1,7H2,2-5H3. The second-order valence-corrected chi connectivity index (χ2v) is 4.01. The van der Waals surface area contributed by atoms with Crippen molar-refractivity contribution in [3.63, 3.8) is 0 Å². The zero-order chi connectivity index (χ0) is 9.78. The van der Waals surface area contributed by atoms with Gasteiger partial charge in [0, 0.05) is 0 Å². The molecular formula is C10H18O2. The fraction of sp³-hybridized carbons (Fsp3) is 0.700. The third-order valence-corrected chi connectivity index (χ3v) is 2.00. The first kappa shape index (κ1) is 11.2. The van der Waals surface area contributed by atoms with Gasteiger partial charge in [0.15, 0.2) is 0 Å². The maximum Gasteiger partial charge on any atom is 0.309 e. The summed E-state index contributed by atoms with van der Waals surface area (Å²) >= 11 is 0. The van der Waals surface area contributed by atoms with Gasteiger partial charge in [-0.2, -0.15) is 0 Å². The fourth-order valence-corrected chi connectivity index (χ4v) is 0.620. The van der Waals surface area contributed by atoms with Crippen molar-refractivity contribution in [2.45, 2.75) is 27.7 Å². The molecular weight excluding hydrogens is 152 g/mol. The number of esters is 1. The Morgan fingerprint density at radius 3 is 2.42 bits per heavy atom. The molecule has 2 heteroatoms. The molecule has 0 saturated carbocycles. The van der Waals surface area contributed by atoms with Crippen molar-refractivity contribution in [3.05, 3.63) is 12.7 Å². The van der Waals surface area contributed by atoms with E-state index in [1.807, 2.05) is 27.7 Å². The largest absolute Gasteiger partial charge is 0.461 e. The Bertz CT molecular complexity index is 165. The van der Waals surface area contributed by atoms with E-state index in [0.717, 1.165) is 0 Å². The summed E-state index contributed by atoms with van der Waals surface area (Å²) in [4.78, 5) is 11.3. The Morgan fingerprint density at radius 2 is 2.08 bits per heavy atom. The van der Waals surface area contributed by atoms with E-state index >= 15 is 0 Å². The lowest BCUT2D eigenvalue weighted by atomic mass is 9.82. The van der Waals surface area contributed by atoms with Crippen LogP contribution >= 0.6 is 0 Å². The lowest BCUT2D eigenvalue weighted by molar-refractivity contribution is -0.150. The summed E-state index contributed by atoms with van der Waals surface area (Å²) in [6.07, 6.45) is 1.58. The monoisotopic (exact) mass is 170 g/mol. The fourth-order valence-electron chi connectivity index (χ4n) is 0.620. The molecule has 0 aliphatic heterocycles. The van der Waals surface area contributed by atoms with Crippen LogP contribution in [0, 0.1) is 11.3 Å². The Kier molecular flexibility index (Phi) is 4.01. The first-order valence-electron chi connectivity index (χ1n) is 4.17. The number of hydrogen-bond acceptors (Lipinski definition) is 2. The summed E-state index contributed by atoms with van der Waals surface area (Å²) in [5.74, 6) is -0.222. The Balaban J connectivity index is 4.02. The highest BCUT2D eigenvalue weighted by atomic mass is 16.5. The molecule has 0 aromatic carbocycles. The molecule has 0 amide bonds. The lowest BCUT2D eigenvalue weighted by Gasteiger charge is -2.24. The van der Waals surface area contributed by atoms with Crippen LogP contribution < -0.4 is 0 Å². The molecule has 0 fully saturated rings. The molecule has 0 saturated heterocycles. The molecule has 1 unspecified atom stereocenters. The van der Waals surface area contributed by atoms with Crippen molar-refractivity contribution < 1.29 is 9.53 Å². The summed E-state index contributed by atoms with van der Waals surface area (Å²) in [5, 5.41) is 0. The maximum absolute atomic E-state index is 11.3. The summed E-state index contributed by atoms with van der Waals surface area (Å²) in [5.41, 5.74) is -0.0295. The van der Waals surface area contributed by atoms with Gasteiger partial charge in [-0.1, -0.05) is 40.3 Å². The van der Waals surface area contributed by atoms with E-state index in [2.05, 4.69) is 6.58 Å².